The summed E-state index contributed by atoms with van der Waals surface area (Å²) < 4.78 is 5.53. The number of hydrogen-bond donors (Lipinski definition) is 1. The van der Waals surface area contributed by atoms with E-state index in [0.717, 1.165) is 29.9 Å². The van der Waals surface area contributed by atoms with Crippen molar-refractivity contribution >= 4 is 5.97 Å². The summed E-state index contributed by atoms with van der Waals surface area (Å²) in [5.41, 5.74) is 1.34. The molecule has 0 saturated carbocycles. The highest BCUT2D eigenvalue weighted by molar-refractivity contribution is 5.72. The fourth-order valence-electron chi connectivity index (χ4n) is 3.14. The molecule has 0 aliphatic carbocycles. The van der Waals surface area contributed by atoms with Gasteiger partial charge in [-0.1, -0.05) is 60.3 Å². The second kappa shape index (κ2) is 9.84. The number of phenols is 1. The quantitative estimate of drug-likeness (QED) is 0.421. The van der Waals surface area contributed by atoms with E-state index in [2.05, 4.69) is 13.8 Å². The molecule has 0 aliphatic heterocycles. The number of benzene rings is 1. The van der Waals surface area contributed by atoms with Crippen molar-refractivity contribution in [3.8, 4) is 11.5 Å². The van der Waals surface area contributed by atoms with Gasteiger partial charge in [-0.3, -0.25) is 4.79 Å². The zero-order valence-electron chi connectivity index (χ0n) is 16.9. The van der Waals surface area contributed by atoms with Crippen LogP contribution in [0.15, 0.2) is 12.1 Å². The molecule has 1 atom stereocenters. The van der Waals surface area contributed by atoms with Gasteiger partial charge in [0.15, 0.2) is 0 Å². The van der Waals surface area contributed by atoms with Crippen LogP contribution in [0.4, 0.5) is 0 Å². The molecule has 0 aromatic heterocycles. The number of hydrogen-bond acceptors (Lipinski definition) is 3. The minimum absolute atomic E-state index is 0.185. The number of ether oxygens (including phenoxy) is 1. The van der Waals surface area contributed by atoms with Crippen molar-refractivity contribution in [2.45, 2.75) is 91.9 Å². The van der Waals surface area contributed by atoms with Gasteiger partial charge in [0, 0.05) is 12.0 Å². The van der Waals surface area contributed by atoms with Crippen LogP contribution in [0.3, 0.4) is 0 Å². The molecule has 0 spiro atoms. The van der Waals surface area contributed by atoms with E-state index in [4.69, 9.17) is 4.74 Å². The fourth-order valence-corrected chi connectivity index (χ4v) is 3.14. The maximum absolute atomic E-state index is 12.2. The molecule has 142 valence electrons. The monoisotopic (exact) mass is 348 g/mol. The summed E-state index contributed by atoms with van der Waals surface area (Å²) in [6.07, 6.45) is 7.36. The summed E-state index contributed by atoms with van der Waals surface area (Å²) in [5.74, 6) is 1.35. The summed E-state index contributed by atoms with van der Waals surface area (Å²) in [6.45, 7) is 12.4. The molecule has 25 heavy (non-hydrogen) atoms. The lowest BCUT2D eigenvalue weighted by atomic mass is 9.85. The van der Waals surface area contributed by atoms with Crippen LogP contribution in [0.5, 0.6) is 11.5 Å². The lowest BCUT2D eigenvalue weighted by Gasteiger charge is -2.22. The minimum Gasteiger partial charge on any atom is -0.507 e. The highest BCUT2D eigenvalue weighted by Gasteiger charge is 2.21. The van der Waals surface area contributed by atoms with Gasteiger partial charge in [0.25, 0.3) is 0 Å². The van der Waals surface area contributed by atoms with Crippen LogP contribution in [0.1, 0.15) is 90.7 Å². The maximum atomic E-state index is 12.2. The van der Waals surface area contributed by atoms with E-state index in [1.165, 1.54) is 25.7 Å². The van der Waals surface area contributed by atoms with Crippen molar-refractivity contribution < 1.29 is 14.6 Å². The van der Waals surface area contributed by atoms with Gasteiger partial charge in [-0.05, 0) is 48.8 Å². The molecule has 0 bridgehead atoms. The first-order valence-electron chi connectivity index (χ1n) is 9.73. The number of rotatable bonds is 9. The Hall–Kier alpha value is -1.51. The number of aromatic hydroxyl groups is 1. The van der Waals surface area contributed by atoms with Crippen LogP contribution in [0.25, 0.3) is 0 Å². The van der Waals surface area contributed by atoms with Crippen LogP contribution in [-0.4, -0.2) is 11.1 Å². The molecule has 3 heteroatoms. The van der Waals surface area contributed by atoms with Gasteiger partial charge in [-0.25, -0.2) is 0 Å². The number of carbonyl (C=O) groups excluding carboxylic acids is 1. The number of aryl methyl sites for hydroxylation is 1. The van der Waals surface area contributed by atoms with E-state index in [1.54, 1.807) is 12.1 Å². The van der Waals surface area contributed by atoms with Crippen molar-refractivity contribution in [3.63, 3.8) is 0 Å². The van der Waals surface area contributed by atoms with Crippen LogP contribution >= 0.6 is 0 Å². The first-order chi connectivity index (χ1) is 11.7. The van der Waals surface area contributed by atoms with E-state index in [1.807, 2.05) is 27.7 Å². The number of carbonyl (C=O) groups is 1. The Morgan fingerprint density at radius 1 is 1.16 bits per heavy atom. The average molecular weight is 349 g/mol. The normalized spacial score (nSPS) is 12.9. The molecule has 0 amide bonds. The van der Waals surface area contributed by atoms with Gasteiger partial charge in [0.05, 0.1) is 0 Å². The van der Waals surface area contributed by atoms with Crippen LogP contribution in [0, 0.1) is 12.8 Å². The second-order valence-corrected chi connectivity index (χ2v) is 8.17. The van der Waals surface area contributed by atoms with E-state index >= 15 is 0 Å². The summed E-state index contributed by atoms with van der Waals surface area (Å²) in [4.78, 5) is 12.2. The fraction of sp³-hybridized carbons (Fsp3) is 0.682. The van der Waals surface area contributed by atoms with Gasteiger partial charge in [0.1, 0.15) is 11.5 Å². The summed E-state index contributed by atoms with van der Waals surface area (Å²) in [5, 5.41) is 10.3. The highest BCUT2D eigenvalue weighted by atomic mass is 16.5. The first kappa shape index (κ1) is 21.5. The van der Waals surface area contributed by atoms with Gasteiger partial charge in [-0.2, -0.15) is 0 Å². The zero-order chi connectivity index (χ0) is 19.0. The molecule has 1 unspecified atom stereocenters. The topological polar surface area (TPSA) is 46.5 Å². The second-order valence-electron chi connectivity index (χ2n) is 8.17. The molecule has 0 aliphatic rings. The minimum atomic E-state index is -0.203. The van der Waals surface area contributed by atoms with Gasteiger partial charge < -0.3 is 9.84 Å². The molecule has 1 aromatic carbocycles. The molecule has 1 rings (SSSR count). The van der Waals surface area contributed by atoms with Crippen molar-refractivity contribution in [2.24, 2.45) is 5.92 Å². The molecular weight excluding hydrogens is 312 g/mol. The van der Waals surface area contributed by atoms with Crippen molar-refractivity contribution in [1.82, 2.24) is 0 Å². The Morgan fingerprint density at radius 2 is 1.80 bits per heavy atom. The third kappa shape index (κ3) is 7.09. The number of unbranched alkanes of at least 4 members (excludes halogenated alkanes) is 1. The summed E-state index contributed by atoms with van der Waals surface area (Å²) >= 11 is 0. The van der Waals surface area contributed by atoms with Gasteiger partial charge in [0.2, 0.25) is 0 Å². The summed E-state index contributed by atoms with van der Waals surface area (Å²) in [6, 6.07) is 3.52. The SMILES string of the molecule is CCCCC(CC)CCCC(=O)Oc1cc(C)c(O)c(C(C)(C)C)c1. The number of phenolic OH excluding ortho intramolecular Hbond substituents is 1. The predicted molar refractivity (Wildman–Crippen MR) is 104 cm³/mol. The zero-order valence-corrected chi connectivity index (χ0v) is 16.9. The first-order valence-corrected chi connectivity index (χ1v) is 9.73. The van der Waals surface area contributed by atoms with Crippen LogP contribution < -0.4 is 4.74 Å². The smallest absolute Gasteiger partial charge is 0.311 e. The molecule has 3 nitrogen and oxygen atoms in total. The molecule has 0 saturated heterocycles. The predicted octanol–water partition coefficient (Wildman–Crippen LogP) is 6.29. The number of esters is 1. The van der Waals surface area contributed by atoms with Gasteiger partial charge in [-0.15, -0.1) is 0 Å². The molecule has 0 heterocycles. The van der Waals surface area contributed by atoms with Crippen molar-refractivity contribution in [3.05, 3.63) is 23.3 Å². The Morgan fingerprint density at radius 3 is 2.36 bits per heavy atom. The van der Waals surface area contributed by atoms with Gasteiger partial charge >= 0.3 is 5.97 Å². The van der Waals surface area contributed by atoms with E-state index in [-0.39, 0.29) is 17.1 Å². The third-order valence-electron chi connectivity index (χ3n) is 4.85. The molecule has 0 fully saturated rings. The van der Waals surface area contributed by atoms with Crippen molar-refractivity contribution in [1.29, 1.82) is 0 Å². The lowest BCUT2D eigenvalue weighted by molar-refractivity contribution is -0.134. The molecule has 0 radical (unpaired) electrons. The standard InChI is InChI=1S/C22H36O3/c1-7-9-11-17(8-2)12-10-13-20(23)25-18-14-16(3)21(24)19(15-18)22(4,5)6/h14-15,17,24H,7-13H2,1-6H3. The third-order valence-corrected chi connectivity index (χ3v) is 4.85. The van der Waals surface area contributed by atoms with Crippen LogP contribution in [0.2, 0.25) is 0 Å². The molecular formula is C22H36O3. The van der Waals surface area contributed by atoms with E-state index < -0.39 is 0 Å². The molecule has 1 N–H and O–H groups in total. The molecule has 1 aromatic rings. The largest absolute Gasteiger partial charge is 0.507 e. The van der Waals surface area contributed by atoms with E-state index in [0.29, 0.717) is 12.2 Å². The Bertz CT molecular complexity index is 555. The van der Waals surface area contributed by atoms with Crippen LogP contribution in [-0.2, 0) is 10.2 Å². The van der Waals surface area contributed by atoms with E-state index in [9.17, 15) is 9.90 Å². The average Bonchev–Trinajstić information content (AvgIpc) is 2.52. The van der Waals surface area contributed by atoms with Crippen molar-refractivity contribution in [2.75, 3.05) is 0 Å². The maximum Gasteiger partial charge on any atom is 0.311 e. The summed E-state index contributed by atoms with van der Waals surface area (Å²) in [7, 11) is 0. The Kier molecular flexibility index (Phi) is 8.47. The lowest BCUT2D eigenvalue weighted by Crippen LogP contribution is -2.14. The Balaban J connectivity index is 2.61. The highest BCUT2D eigenvalue weighted by Crippen LogP contribution is 2.36. The Labute approximate surface area is 153 Å².